The van der Waals surface area contributed by atoms with Crippen LogP contribution in [0.1, 0.15) is 5.69 Å². The van der Waals surface area contributed by atoms with Crippen LogP contribution >= 0.6 is 0 Å². The summed E-state index contributed by atoms with van der Waals surface area (Å²) in [7, 11) is 0. The second kappa shape index (κ2) is 6.74. The van der Waals surface area contributed by atoms with Gasteiger partial charge in [0.25, 0.3) is 0 Å². The summed E-state index contributed by atoms with van der Waals surface area (Å²) >= 11 is -1.96. The molecule has 0 aliphatic carbocycles. The third kappa shape index (κ3) is 5.00. The SMILES string of the molecule is O=S([O-])CCc1ccccn1.[Na+]. The molecule has 0 radical (unpaired) electrons. The Bertz CT molecular complexity index is 242. The molecule has 0 spiro atoms. The van der Waals surface area contributed by atoms with Crippen LogP contribution in [0.15, 0.2) is 24.4 Å². The van der Waals surface area contributed by atoms with Crippen LogP contribution in [0.3, 0.4) is 0 Å². The number of hydrogen-bond acceptors (Lipinski definition) is 3. The van der Waals surface area contributed by atoms with Crippen LogP contribution < -0.4 is 29.6 Å². The van der Waals surface area contributed by atoms with Gasteiger partial charge in [-0.15, -0.1) is 0 Å². The summed E-state index contributed by atoms with van der Waals surface area (Å²) in [5.74, 6) is 0.150. The maximum Gasteiger partial charge on any atom is 1.00 e. The van der Waals surface area contributed by atoms with Crippen molar-refractivity contribution in [3.63, 3.8) is 0 Å². The molecule has 0 fully saturated rings. The normalized spacial score (nSPS) is 11.8. The van der Waals surface area contributed by atoms with E-state index in [1.54, 1.807) is 12.3 Å². The molecule has 1 heterocycles. The van der Waals surface area contributed by atoms with Crippen LogP contribution in [-0.4, -0.2) is 19.5 Å². The van der Waals surface area contributed by atoms with Gasteiger partial charge in [-0.05, 0) is 12.1 Å². The number of aryl methyl sites for hydroxylation is 1. The van der Waals surface area contributed by atoms with Crippen molar-refractivity contribution in [2.45, 2.75) is 6.42 Å². The zero-order valence-corrected chi connectivity index (χ0v) is 9.71. The summed E-state index contributed by atoms with van der Waals surface area (Å²) < 4.78 is 20.3. The zero-order chi connectivity index (χ0) is 8.10. The molecule has 1 aromatic rings. The van der Waals surface area contributed by atoms with Crippen molar-refractivity contribution in [1.29, 1.82) is 0 Å². The van der Waals surface area contributed by atoms with Gasteiger partial charge in [-0.1, -0.05) is 17.1 Å². The first-order valence-electron chi connectivity index (χ1n) is 3.25. The van der Waals surface area contributed by atoms with Crippen molar-refractivity contribution >= 4 is 11.1 Å². The zero-order valence-electron chi connectivity index (χ0n) is 6.90. The molecule has 60 valence electrons. The summed E-state index contributed by atoms with van der Waals surface area (Å²) in [5, 5.41) is 0. The van der Waals surface area contributed by atoms with E-state index in [9.17, 15) is 8.76 Å². The molecule has 0 amide bonds. The van der Waals surface area contributed by atoms with Crippen LogP contribution in [0.5, 0.6) is 0 Å². The Balaban J connectivity index is 0.00000121. The second-order valence-electron chi connectivity index (χ2n) is 2.08. The van der Waals surface area contributed by atoms with Gasteiger partial charge in [0, 0.05) is 24.1 Å². The largest absolute Gasteiger partial charge is 1.00 e. The fourth-order valence-electron chi connectivity index (χ4n) is 0.734. The maximum atomic E-state index is 10.1. The smallest absolute Gasteiger partial charge is 0.772 e. The van der Waals surface area contributed by atoms with Crippen molar-refractivity contribution in [1.82, 2.24) is 4.98 Å². The molecular weight excluding hydrogens is 185 g/mol. The number of aromatic nitrogens is 1. The Kier molecular flexibility index (Phi) is 6.89. The van der Waals surface area contributed by atoms with Gasteiger partial charge >= 0.3 is 29.6 Å². The standard InChI is InChI=1S/C7H9NO2S.Na/c9-11(10)6-4-7-3-1-2-5-8-7;/h1-3,5H,4,6H2,(H,9,10);/q;+1/p-1. The first kappa shape index (κ1) is 12.3. The Morgan fingerprint density at radius 3 is 2.75 bits per heavy atom. The molecule has 0 saturated carbocycles. The van der Waals surface area contributed by atoms with Crippen molar-refractivity contribution < 1.29 is 38.3 Å². The molecule has 0 saturated heterocycles. The molecule has 5 heteroatoms. The average Bonchev–Trinajstić information content (AvgIpc) is 2.03. The van der Waals surface area contributed by atoms with Crippen LogP contribution in [0, 0.1) is 0 Å². The van der Waals surface area contributed by atoms with E-state index in [0.29, 0.717) is 6.42 Å². The van der Waals surface area contributed by atoms with Crippen LogP contribution in [0.4, 0.5) is 0 Å². The quantitative estimate of drug-likeness (QED) is 0.394. The minimum absolute atomic E-state index is 0. The molecule has 3 nitrogen and oxygen atoms in total. The van der Waals surface area contributed by atoms with Crippen molar-refractivity contribution in [3.8, 4) is 0 Å². The average molecular weight is 193 g/mol. The summed E-state index contributed by atoms with van der Waals surface area (Å²) in [4.78, 5) is 3.98. The Hall–Kier alpha value is 0.260. The van der Waals surface area contributed by atoms with E-state index in [4.69, 9.17) is 0 Å². The number of rotatable bonds is 3. The molecule has 12 heavy (non-hydrogen) atoms. The second-order valence-corrected chi connectivity index (χ2v) is 3.09. The summed E-state index contributed by atoms with van der Waals surface area (Å²) in [6.45, 7) is 0. The Morgan fingerprint density at radius 2 is 2.25 bits per heavy atom. The topological polar surface area (TPSA) is 53.0 Å². The van der Waals surface area contributed by atoms with Crippen LogP contribution in [0.2, 0.25) is 0 Å². The maximum absolute atomic E-state index is 10.1. The minimum Gasteiger partial charge on any atom is -0.772 e. The van der Waals surface area contributed by atoms with Crippen molar-refractivity contribution in [2.24, 2.45) is 0 Å². The summed E-state index contributed by atoms with van der Waals surface area (Å²) in [5.41, 5.74) is 0.816. The van der Waals surface area contributed by atoms with Gasteiger partial charge in [0.05, 0.1) is 0 Å². The van der Waals surface area contributed by atoms with Crippen LogP contribution in [0.25, 0.3) is 0 Å². The summed E-state index contributed by atoms with van der Waals surface area (Å²) in [6.07, 6.45) is 2.15. The third-order valence-corrected chi connectivity index (χ3v) is 1.79. The first-order chi connectivity index (χ1) is 5.29. The van der Waals surface area contributed by atoms with Crippen LogP contribution in [-0.2, 0) is 17.5 Å². The van der Waals surface area contributed by atoms with E-state index in [0.717, 1.165) is 5.69 Å². The fourth-order valence-corrected chi connectivity index (χ4v) is 1.11. The predicted octanol–water partition coefficient (Wildman–Crippen LogP) is -2.49. The first-order valence-corrected chi connectivity index (χ1v) is 4.49. The van der Waals surface area contributed by atoms with Gasteiger partial charge in [0.15, 0.2) is 0 Å². The van der Waals surface area contributed by atoms with E-state index >= 15 is 0 Å². The molecule has 0 aliphatic heterocycles. The molecule has 1 unspecified atom stereocenters. The Labute approximate surface area is 96.2 Å². The molecule has 0 N–H and O–H groups in total. The van der Waals surface area contributed by atoms with E-state index in [1.807, 2.05) is 12.1 Å². The van der Waals surface area contributed by atoms with Gasteiger partial charge in [-0.3, -0.25) is 9.19 Å². The number of pyridine rings is 1. The summed E-state index contributed by atoms with van der Waals surface area (Å²) in [6, 6.07) is 5.46. The van der Waals surface area contributed by atoms with E-state index in [2.05, 4.69) is 4.98 Å². The minimum atomic E-state index is -1.96. The molecule has 1 aromatic heterocycles. The van der Waals surface area contributed by atoms with Crippen molar-refractivity contribution in [3.05, 3.63) is 30.1 Å². The molecule has 1 atom stereocenters. The van der Waals surface area contributed by atoms with Gasteiger partial charge in [-0.25, -0.2) is 0 Å². The molecule has 1 rings (SSSR count). The third-order valence-electron chi connectivity index (χ3n) is 1.25. The Morgan fingerprint density at radius 1 is 1.50 bits per heavy atom. The number of nitrogens with zero attached hydrogens (tertiary/aromatic N) is 1. The molecule has 0 bridgehead atoms. The molecular formula is C7H8NNaO2S. The fraction of sp³-hybridized carbons (Fsp3) is 0.286. The van der Waals surface area contributed by atoms with Crippen molar-refractivity contribution in [2.75, 3.05) is 5.75 Å². The van der Waals surface area contributed by atoms with Gasteiger partial charge in [0.2, 0.25) is 0 Å². The van der Waals surface area contributed by atoms with Gasteiger partial charge in [0.1, 0.15) is 0 Å². The van der Waals surface area contributed by atoms with Gasteiger partial charge in [-0.2, -0.15) is 0 Å². The van der Waals surface area contributed by atoms with E-state index in [1.165, 1.54) is 0 Å². The molecule has 0 aliphatic rings. The monoisotopic (exact) mass is 193 g/mol. The van der Waals surface area contributed by atoms with E-state index in [-0.39, 0.29) is 35.3 Å². The predicted molar refractivity (Wildman–Crippen MR) is 41.7 cm³/mol. The van der Waals surface area contributed by atoms with Gasteiger partial charge < -0.3 is 4.55 Å². The molecule has 0 aromatic carbocycles. The number of hydrogen-bond donors (Lipinski definition) is 0. The van der Waals surface area contributed by atoms with E-state index < -0.39 is 11.1 Å².